The lowest BCUT2D eigenvalue weighted by molar-refractivity contribution is -0.118. The Kier molecular flexibility index (Phi) is 8.22. The summed E-state index contributed by atoms with van der Waals surface area (Å²) >= 11 is 0. The van der Waals surface area contributed by atoms with Gasteiger partial charge in [-0.3, -0.25) is 4.79 Å². The van der Waals surface area contributed by atoms with Crippen LogP contribution in [0.25, 0.3) is 0 Å². The number of para-hydroxylation sites is 2. The molecule has 0 unspecified atom stereocenters. The van der Waals surface area contributed by atoms with Crippen LogP contribution in [0.5, 0.6) is 23.0 Å². The second-order valence-corrected chi connectivity index (χ2v) is 7.71. The van der Waals surface area contributed by atoms with Gasteiger partial charge in [0.15, 0.2) is 18.1 Å². The Bertz CT molecular complexity index is 1210. The number of hydrogen-bond donors (Lipinski definition) is 2. The van der Waals surface area contributed by atoms with Crippen molar-refractivity contribution in [3.05, 3.63) is 109 Å². The predicted octanol–water partition coefficient (Wildman–Crippen LogP) is 6.51. The highest BCUT2D eigenvalue weighted by Crippen LogP contribution is 2.29. The Morgan fingerprint density at radius 1 is 0.714 bits per heavy atom. The van der Waals surface area contributed by atoms with E-state index in [4.69, 9.17) is 14.2 Å². The fourth-order valence-corrected chi connectivity index (χ4v) is 3.38. The number of benzene rings is 4. The number of anilines is 2. The van der Waals surface area contributed by atoms with Gasteiger partial charge in [0.1, 0.15) is 11.5 Å². The van der Waals surface area contributed by atoms with Crippen molar-refractivity contribution in [3.8, 4) is 23.0 Å². The van der Waals surface area contributed by atoms with E-state index in [0.717, 1.165) is 28.4 Å². The van der Waals surface area contributed by atoms with Crippen LogP contribution in [0, 0.1) is 0 Å². The normalized spacial score (nSPS) is 10.3. The van der Waals surface area contributed by atoms with E-state index in [9.17, 15) is 4.79 Å². The average Bonchev–Trinajstić information content (AvgIpc) is 2.89. The minimum atomic E-state index is -0.232. The highest BCUT2D eigenvalue weighted by Gasteiger charge is 2.10. The average molecular weight is 469 g/mol. The molecule has 6 nitrogen and oxygen atoms in total. The smallest absolute Gasteiger partial charge is 0.262 e. The molecule has 0 heterocycles. The van der Waals surface area contributed by atoms with Gasteiger partial charge in [0, 0.05) is 17.9 Å². The molecule has 0 aliphatic rings. The Balaban J connectivity index is 1.32. The SMILES string of the molecule is CCOc1cc(CNc2ccc(Oc3ccccc3)cc2)ccc1OCC(=O)Nc1ccccc1. The standard InChI is InChI=1S/C29H28N2O4/c1-2-33-28-19-22(13-18-27(28)34-21-29(32)31-24-9-5-3-6-10-24)20-30-23-14-16-26(17-15-23)35-25-11-7-4-8-12-25/h3-19,30H,2,20-21H2,1H3,(H,31,32). The molecule has 2 N–H and O–H groups in total. The molecule has 1 amide bonds. The van der Waals surface area contributed by atoms with Crippen molar-refractivity contribution in [2.75, 3.05) is 23.8 Å². The molecule has 0 saturated carbocycles. The third-order valence-electron chi connectivity index (χ3n) is 5.05. The molecule has 4 rings (SSSR count). The van der Waals surface area contributed by atoms with E-state index < -0.39 is 0 Å². The number of carbonyl (C=O) groups is 1. The third-order valence-corrected chi connectivity index (χ3v) is 5.05. The summed E-state index contributed by atoms with van der Waals surface area (Å²) in [5.41, 5.74) is 2.73. The van der Waals surface area contributed by atoms with Crippen LogP contribution >= 0.6 is 0 Å². The Hall–Kier alpha value is -4.45. The molecule has 6 heteroatoms. The van der Waals surface area contributed by atoms with Crippen molar-refractivity contribution < 1.29 is 19.0 Å². The van der Waals surface area contributed by atoms with Crippen LogP contribution < -0.4 is 24.8 Å². The monoisotopic (exact) mass is 468 g/mol. The molecule has 0 aliphatic carbocycles. The van der Waals surface area contributed by atoms with Crippen LogP contribution in [-0.2, 0) is 11.3 Å². The van der Waals surface area contributed by atoms with Crippen molar-refractivity contribution in [2.45, 2.75) is 13.5 Å². The molecular formula is C29H28N2O4. The molecule has 0 fully saturated rings. The quantitative estimate of drug-likeness (QED) is 0.263. The van der Waals surface area contributed by atoms with Crippen molar-refractivity contribution in [1.82, 2.24) is 0 Å². The van der Waals surface area contributed by atoms with Gasteiger partial charge in [-0.25, -0.2) is 0 Å². The lowest BCUT2D eigenvalue weighted by Gasteiger charge is -2.14. The summed E-state index contributed by atoms with van der Waals surface area (Å²) in [4.78, 5) is 12.2. The Labute approximate surface area is 205 Å². The maximum Gasteiger partial charge on any atom is 0.262 e. The second-order valence-electron chi connectivity index (χ2n) is 7.71. The van der Waals surface area contributed by atoms with E-state index in [-0.39, 0.29) is 12.5 Å². The first-order chi connectivity index (χ1) is 17.2. The lowest BCUT2D eigenvalue weighted by Crippen LogP contribution is -2.20. The minimum Gasteiger partial charge on any atom is -0.490 e. The van der Waals surface area contributed by atoms with Crippen molar-refractivity contribution in [3.63, 3.8) is 0 Å². The molecule has 178 valence electrons. The minimum absolute atomic E-state index is 0.107. The zero-order chi connectivity index (χ0) is 24.3. The highest BCUT2D eigenvalue weighted by atomic mass is 16.5. The van der Waals surface area contributed by atoms with Gasteiger partial charge in [-0.2, -0.15) is 0 Å². The molecule has 0 atom stereocenters. The zero-order valence-electron chi connectivity index (χ0n) is 19.6. The van der Waals surface area contributed by atoms with Crippen molar-refractivity contribution >= 4 is 17.3 Å². The highest BCUT2D eigenvalue weighted by molar-refractivity contribution is 5.91. The van der Waals surface area contributed by atoms with E-state index in [1.807, 2.05) is 110 Å². The number of nitrogens with one attached hydrogen (secondary N) is 2. The topological polar surface area (TPSA) is 68.8 Å². The van der Waals surface area contributed by atoms with E-state index in [0.29, 0.717) is 24.7 Å². The summed E-state index contributed by atoms with van der Waals surface area (Å²) in [7, 11) is 0. The molecule has 0 saturated heterocycles. The largest absolute Gasteiger partial charge is 0.490 e. The van der Waals surface area contributed by atoms with Crippen LogP contribution in [-0.4, -0.2) is 19.1 Å². The van der Waals surface area contributed by atoms with E-state index in [2.05, 4.69) is 10.6 Å². The summed E-state index contributed by atoms with van der Waals surface area (Å²) in [5, 5.41) is 6.21. The zero-order valence-corrected chi connectivity index (χ0v) is 19.6. The van der Waals surface area contributed by atoms with Crippen LogP contribution in [0.15, 0.2) is 103 Å². The van der Waals surface area contributed by atoms with Crippen LogP contribution in [0.1, 0.15) is 12.5 Å². The summed E-state index contributed by atoms with van der Waals surface area (Å²) in [6.45, 7) is 2.90. The van der Waals surface area contributed by atoms with Crippen molar-refractivity contribution in [1.29, 1.82) is 0 Å². The number of carbonyl (C=O) groups excluding carboxylic acids is 1. The molecule has 0 bridgehead atoms. The van der Waals surface area contributed by atoms with Crippen LogP contribution in [0.2, 0.25) is 0 Å². The first-order valence-electron chi connectivity index (χ1n) is 11.5. The molecule has 4 aromatic carbocycles. The van der Waals surface area contributed by atoms with Gasteiger partial charge >= 0.3 is 0 Å². The third kappa shape index (κ3) is 7.27. The summed E-state index contributed by atoms with van der Waals surface area (Å²) in [6.07, 6.45) is 0. The fraction of sp³-hybridized carbons (Fsp3) is 0.138. The maximum absolute atomic E-state index is 12.2. The summed E-state index contributed by atoms with van der Waals surface area (Å²) in [6, 6.07) is 32.5. The van der Waals surface area contributed by atoms with E-state index in [1.165, 1.54) is 0 Å². The van der Waals surface area contributed by atoms with Gasteiger partial charge in [-0.1, -0.05) is 42.5 Å². The van der Waals surface area contributed by atoms with Gasteiger partial charge < -0.3 is 24.8 Å². The molecular weight excluding hydrogens is 440 g/mol. The fourth-order valence-electron chi connectivity index (χ4n) is 3.38. The summed E-state index contributed by atoms with van der Waals surface area (Å²) in [5.74, 6) is 2.48. The van der Waals surface area contributed by atoms with Gasteiger partial charge in [0.05, 0.1) is 6.61 Å². The van der Waals surface area contributed by atoms with Crippen molar-refractivity contribution in [2.24, 2.45) is 0 Å². The van der Waals surface area contributed by atoms with Crippen LogP contribution in [0.3, 0.4) is 0 Å². The molecule has 0 radical (unpaired) electrons. The molecule has 35 heavy (non-hydrogen) atoms. The predicted molar refractivity (Wildman–Crippen MR) is 138 cm³/mol. The van der Waals surface area contributed by atoms with Gasteiger partial charge in [0.2, 0.25) is 0 Å². The lowest BCUT2D eigenvalue weighted by atomic mass is 10.2. The van der Waals surface area contributed by atoms with Gasteiger partial charge in [-0.15, -0.1) is 0 Å². The molecule has 0 spiro atoms. The Morgan fingerprint density at radius 3 is 2.11 bits per heavy atom. The molecule has 0 aliphatic heterocycles. The maximum atomic E-state index is 12.2. The first-order valence-corrected chi connectivity index (χ1v) is 11.5. The van der Waals surface area contributed by atoms with Gasteiger partial charge in [-0.05, 0) is 73.2 Å². The number of rotatable bonds is 11. The number of amides is 1. The number of ether oxygens (including phenoxy) is 3. The van der Waals surface area contributed by atoms with E-state index >= 15 is 0 Å². The number of hydrogen-bond acceptors (Lipinski definition) is 5. The van der Waals surface area contributed by atoms with Gasteiger partial charge in [0.25, 0.3) is 5.91 Å². The summed E-state index contributed by atoms with van der Waals surface area (Å²) < 4.78 is 17.3. The van der Waals surface area contributed by atoms with Crippen LogP contribution in [0.4, 0.5) is 11.4 Å². The molecule has 0 aromatic heterocycles. The van der Waals surface area contributed by atoms with E-state index in [1.54, 1.807) is 0 Å². The first kappa shape index (κ1) is 23.7. The Morgan fingerprint density at radius 2 is 1.40 bits per heavy atom. The second kappa shape index (κ2) is 12.1. The molecule has 4 aromatic rings.